The van der Waals surface area contributed by atoms with Crippen LogP contribution in [-0.2, 0) is 11.3 Å². The standard InChI is InChI=1S/C12H12BrN3O3/c1-2-19-7-10-11(12(17)18)14-15-16(10)9-5-3-4-8(13)6-9/h3-6H,2,7H2,1H3,(H,17,18). The topological polar surface area (TPSA) is 77.2 Å². The number of carboxylic acids is 1. The average Bonchev–Trinajstić information content (AvgIpc) is 2.80. The van der Waals surface area contributed by atoms with Crippen molar-refractivity contribution in [2.75, 3.05) is 6.61 Å². The minimum atomic E-state index is -1.11. The summed E-state index contributed by atoms with van der Waals surface area (Å²) in [6.45, 7) is 2.48. The average molecular weight is 326 g/mol. The van der Waals surface area contributed by atoms with Gasteiger partial charge in [0.05, 0.1) is 12.3 Å². The highest BCUT2D eigenvalue weighted by atomic mass is 79.9. The Balaban J connectivity index is 2.47. The van der Waals surface area contributed by atoms with Crippen molar-refractivity contribution in [1.29, 1.82) is 0 Å². The fraction of sp³-hybridized carbons (Fsp3) is 0.250. The second-order valence-corrected chi connectivity index (χ2v) is 4.63. The highest BCUT2D eigenvalue weighted by molar-refractivity contribution is 9.10. The summed E-state index contributed by atoms with van der Waals surface area (Å²) >= 11 is 3.36. The van der Waals surface area contributed by atoms with Crippen molar-refractivity contribution in [3.8, 4) is 5.69 Å². The fourth-order valence-electron chi connectivity index (χ4n) is 1.61. The molecule has 0 radical (unpaired) electrons. The predicted octanol–water partition coefficient (Wildman–Crippen LogP) is 2.26. The molecule has 7 heteroatoms. The Labute approximate surface area is 118 Å². The second-order valence-electron chi connectivity index (χ2n) is 3.72. The quantitative estimate of drug-likeness (QED) is 0.912. The number of hydrogen-bond donors (Lipinski definition) is 1. The molecular formula is C12H12BrN3O3. The van der Waals surface area contributed by atoms with Crippen LogP contribution in [0.2, 0.25) is 0 Å². The third-order valence-corrected chi connectivity index (χ3v) is 2.95. The Hall–Kier alpha value is -1.73. The summed E-state index contributed by atoms with van der Waals surface area (Å²) in [6.07, 6.45) is 0. The Bertz CT molecular complexity index is 598. The number of rotatable bonds is 5. The monoisotopic (exact) mass is 325 g/mol. The van der Waals surface area contributed by atoms with Gasteiger partial charge in [-0.05, 0) is 25.1 Å². The van der Waals surface area contributed by atoms with E-state index in [2.05, 4.69) is 26.2 Å². The van der Waals surface area contributed by atoms with Crippen LogP contribution in [0.25, 0.3) is 5.69 Å². The van der Waals surface area contributed by atoms with Crippen LogP contribution >= 0.6 is 15.9 Å². The van der Waals surface area contributed by atoms with Crippen LogP contribution in [0.3, 0.4) is 0 Å². The third kappa shape index (κ3) is 2.99. The van der Waals surface area contributed by atoms with Gasteiger partial charge in [-0.25, -0.2) is 9.48 Å². The van der Waals surface area contributed by atoms with Gasteiger partial charge in [-0.15, -0.1) is 5.10 Å². The van der Waals surface area contributed by atoms with Crippen molar-refractivity contribution >= 4 is 21.9 Å². The largest absolute Gasteiger partial charge is 0.476 e. The van der Waals surface area contributed by atoms with Gasteiger partial charge in [0.25, 0.3) is 0 Å². The Morgan fingerprint density at radius 1 is 1.53 bits per heavy atom. The Morgan fingerprint density at radius 2 is 2.32 bits per heavy atom. The predicted molar refractivity (Wildman–Crippen MR) is 71.3 cm³/mol. The maximum atomic E-state index is 11.1. The SMILES string of the molecule is CCOCc1c(C(=O)O)nnn1-c1cccc(Br)c1. The van der Waals surface area contributed by atoms with Gasteiger partial charge in [0.2, 0.25) is 0 Å². The molecule has 2 aromatic rings. The lowest BCUT2D eigenvalue weighted by molar-refractivity contribution is 0.0681. The summed E-state index contributed by atoms with van der Waals surface area (Å²) in [7, 11) is 0. The van der Waals surface area contributed by atoms with Gasteiger partial charge in [0.15, 0.2) is 5.69 Å². The van der Waals surface area contributed by atoms with Crippen molar-refractivity contribution in [2.24, 2.45) is 0 Å². The maximum absolute atomic E-state index is 11.1. The van der Waals surface area contributed by atoms with Crippen LogP contribution in [0.5, 0.6) is 0 Å². The lowest BCUT2D eigenvalue weighted by Crippen LogP contribution is -2.08. The molecule has 0 spiro atoms. The van der Waals surface area contributed by atoms with E-state index in [4.69, 9.17) is 9.84 Å². The summed E-state index contributed by atoms with van der Waals surface area (Å²) in [6, 6.07) is 7.36. The van der Waals surface area contributed by atoms with E-state index in [1.165, 1.54) is 4.68 Å². The van der Waals surface area contributed by atoms with Gasteiger partial charge >= 0.3 is 5.97 Å². The summed E-state index contributed by atoms with van der Waals surface area (Å²) in [5.74, 6) is -1.11. The zero-order valence-corrected chi connectivity index (χ0v) is 11.8. The Kier molecular flexibility index (Phi) is 4.28. The first kappa shape index (κ1) is 13.7. The summed E-state index contributed by atoms with van der Waals surface area (Å²) in [5.41, 5.74) is 1.06. The zero-order valence-electron chi connectivity index (χ0n) is 10.2. The minimum Gasteiger partial charge on any atom is -0.476 e. The number of nitrogens with zero attached hydrogens (tertiary/aromatic N) is 3. The molecule has 0 amide bonds. The van der Waals surface area contributed by atoms with E-state index in [1.807, 2.05) is 31.2 Å². The number of hydrogen-bond acceptors (Lipinski definition) is 4. The molecule has 1 aromatic carbocycles. The number of aromatic carboxylic acids is 1. The van der Waals surface area contributed by atoms with Gasteiger partial charge in [0.1, 0.15) is 5.69 Å². The van der Waals surface area contributed by atoms with Crippen molar-refractivity contribution in [3.63, 3.8) is 0 Å². The Morgan fingerprint density at radius 3 is 2.95 bits per heavy atom. The van der Waals surface area contributed by atoms with Crippen molar-refractivity contribution in [3.05, 3.63) is 40.1 Å². The van der Waals surface area contributed by atoms with Gasteiger partial charge in [-0.3, -0.25) is 0 Å². The molecule has 0 bridgehead atoms. The molecule has 1 aromatic heterocycles. The van der Waals surface area contributed by atoms with Gasteiger partial charge in [-0.2, -0.15) is 0 Å². The second kappa shape index (κ2) is 5.94. The molecule has 6 nitrogen and oxygen atoms in total. The number of halogens is 1. The minimum absolute atomic E-state index is 0.0894. The molecule has 0 unspecified atom stereocenters. The van der Waals surface area contributed by atoms with E-state index in [0.717, 1.165) is 10.2 Å². The first-order valence-corrected chi connectivity index (χ1v) is 6.44. The molecule has 2 rings (SSSR count). The number of carbonyl (C=O) groups is 1. The number of aromatic nitrogens is 3. The van der Waals surface area contributed by atoms with Crippen LogP contribution in [0.15, 0.2) is 28.7 Å². The molecule has 0 aliphatic carbocycles. The summed E-state index contributed by atoms with van der Waals surface area (Å²) in [5, 5.41) is 16.7. The van der Waals surface area contributed by atoms with Crippen LogP contribution in [0.4, 0.5) is 0 Å². The number of carboxylic acid groups (broad SMARTS) is 1. The normalized spacial score (nSPS) is 10.6. The van der Waals surface area contributed by atoms with Crippen LogP contribution in [0.1, 0.15) is 23.1 Å². The summed E-state index contributed by atoms with van der Waals surface area (Å²) < 4.78 is 7.64. The summed E-state index contributed by atoms with van der Waals surface area (Å²) in [4.78, 5) is 11.1. The lowest BCUT2D eigenvalue weighted by atomic mass is 10.3. The van der Waals surface area contributed by atoms with E-state index in [1.54, 1.807) is 0 Å². The number of benzene rings is 1. The van der Waals surface area contributed by atoms with Gasteiger partial charge in [0, 0.05) is 11.1 Å². The molecule has 0 saturated heterocycles. The van der Waals surface area contributed by atoms with Crippen LogP contribution in [0, 0.1) is 0 Å². The first-order chi connectivity index (χ1) is 9.13. The molecule has 1 N–H and O–H groups in total. The van der Waals surface area contributed by atoms with Crippen molar-refractivity contribution in [2.45, 2.75) is 13.5 Å². The van der Waals surface area contributed by atoms with Gasteiger partial charge < -0.3 is 9.84 Å². The molecule has 0 aliphatic heterocycles. The molecule has 0 fully saturated rings. The molecule has 0 atom stereocenters. The number of ether oxygens (including phenoxy) is 1. The molecule has 19 heavy (non-hydrogen) atoms. The van der Waals surface area contributed by atoms with E-state index >= 15 is 0 Å². The maximum Gasteiger partial charge on any atom is 0.358 e. The molecule has 100 valence electrons. The molecular weight excluding hydrogens is 314 g/mol. The molecule has 1 heterocycles. The highest BCUT2D eigenvalue weighted by Crippen LogP contribution is 2.18. The van der Waals surface area contributed by atoms with Gasteiger partial charge in [-0.1, -0.05) is 27.2 Å². The van der Waals surface area contributed by atoms with Crippen molar-refractivity contribution < 1.29 is 14.6 Å². The highest BCUT2D eigenvalue weighted by Gasteiger charge is 2.19. The van der Waals surface area contributed by atoms with E-state index in [9.17, 15) is 4.79 Å². The van der Waals surface area contributed by atoms with Crippen LogP contribution in [-0.4, -0.2) is 32.7 Å². The first-order valence-electron chi connectivity index (χ1n) is 5.65. The third-order valence-electron chi connectivity index (χ3n) is 2.46. The fourth-order valence-corrected chi connectivity index (χ4v) is 2.00. The molecule has 0 saturated carbocycles. The van der Waals surface area contributed by atoms with E-state index in [0.29, 0.717) is 12.3 Å². The lowest BCUT2D eigenvalue weighted by Gasteiger charge is -2.07. The molecule has 0 aliphatic rings. The van der Waals surface area contributed by atoms with Crippen molar-refractivity contribution in [1.82, 2.24) is 15.0 Å². The smallest absolute Gasteiger partial charge is 0.358 e. The van der Waals surface area contributed by atoms with E-state index in [-0.39, 0.29) is 12.3 Å². The van der Waals surface area contributed by atoms with Crippen LogP contribution < -0.4 is 0 Å². The zero-order chi connectivity index (χ0) is 13.8. The van der Waals surface area contributed by atoms with E-state index < -0.39 is 5.97 Å².